The molecule has 8 nitrogen and oxygen atoms in total. The first kappa shape index (κ1) is 26.3. The van der Waals surface area contributed by atoms with E-state index in [1.807, 2.05) is 32.0 Å². The fourth-order valence-electron chi connectivity index (χ4n) is 2.93. The van der Waals surface area contributed by atoms with Gasteiger partial charge in [-0.2, -0.15) is 0 Å². The molecule has 0 heterocycles. The topological polar surface area (TPSA) is 122 Å². The number of hydrogen-bond acceptors (Lipinski definition) is 5. The van der Waals surface area contributed by atoms with Gasteiger partial charge in [0.25, 0.3) is 5.91 Å². The second kappa shape index (κ2) is 12.3. The lowest BCUT2D eigenvalue weighted by atomic mass is 10.1. The van der Waals surface area contributed by atoms with E-state index >= 15 is 0 Å². The fraction of sp³-hybridized carbons (Fsp3) is 0.375. The van der Waals surface area contributed by atoms with Gasteiger partial charge in [-0.25, -0.2) is 0 Å². The molecule has 0 aliphatic rings. The lowest BCUT2D eigenvalue weighted by molar-refractivity contribution is -0.144. The van der Waals surface area contributed by atoms with Gasteiger partial charge in [0.1, 0.15) is 12.3 Å². The van der Waals surface area contributed by atoms with Gasteiger partial charge in [-0.3, -0.25) is 18.9 Å². The summed E-state index contributed by atoms with van der Waals surface area (Å²) in [7, 11) is -3.88. The predicted octanol–water partition coefficient (Wildman–Crippen LogP) is 3.80. The molecule has 3 N–H and O–H groups in total. The van der Waals surface area contributed by atoms with Crippen molar-refractivity contribution in [2.75, 3.05) is 18.0 Å². The van der Waals surface area contributed by atoms with Crippen molar-refractivity contribution in [2.24, 2.45) is 5.92 Å². The number of amides is 2. The van der Waals surface area contributed by atoms with Crippen molar-refractivity contribution < 1.29 is 28.6 Å². The van der Waals surface area contributed by atoms with Crippen LogP contribution in [0, 0.1) is 5.92 Å². The number of anilines is 1. The highest BCUT2D eigenvalue weighted by Gasteiger charge is 2.34. The van der Waals surface area contributed by atoms with Crippen LogP contribution in [0.25, 0.3) is 0 Å². The van der Waals surface area contributed by atoms with Gasteiger partial charge < -0.3 is 20.3 Å². The Morgan fingerprint density at radius 2 is 1.64 bits per heavy atom. The molecular formula is C24H31N2O6P. The van der Waals surface area contributed by atoms with E-state index in [2.05, 4.69) is 10.6 Å². The molecular weight excluding hydrogens is 443 g/mol. The molecule has 0 radical (unpaired) electrons. The zero-order valence-electron chi connectivity index (χ0n) is 19.1. The summed E-state index contributed by atoms with van der Waals surface area (Å²) in [6.45, 7) is 5.20. The van der Waals surface area contributed by atoms with E-state index in [-0.39, 0.29) is 31.1 Å². The second-order valence-electron chi connectivity index (χ2n) is 8.23. The summed E-state index contributed by atoms with van der Waals surface area (Å²) < 4.78 is 17.7. The van der Waals surface area contributed by atoms with Gasteiger partial charge >= 0.3 is 5.97 Å². The van der Waals surface area contributed by atoms with Crippen LogP contribution in [0.3, 0.4) is 0 Å². The average molecular weight is 474 g/mol. The molecule has 9 heteroatoms. The molecule has 0 aliphatic carbocycles. The smallest absolute Gasteiger partial charge is 0.318 e. The maximum Gasteiger partial charge on any atom is 0.318 e. The van der Waals surface area contributed by atoms with Gasteiger partial charge in [0, 0.05) is 30.4 Å². The third-order valence-corrected chi connectivity index (χ3v) is 7.20. The standard InChI is InChI=1S/C24H31N2O6P/c1-17(2)15-22(27)26-21-11-9-20(10-12-21)23(28)25-13-14-33(30,31)18(3)24(29)32-16-19-7-5-4-6-8-19/h4-12,17-18H,13-16H2,1-3H3,(H,25,28)(H,26,27)(H,30,31). The molecule has 2 aromatic rings. The minimum absolute atomic E-state index is 0.0225. The highest BCUT2D eigenvalue weighted by Crippen LogP contribution is 2.46. The van der Waals surface area contributed by atoms with Crippen molar-refractivity contribution in [3.05, 3.63) is 65.7 Å². The maximum atomic E-state index is 12.6. The van der Waals surface area contributed by atoms with Gasteiger partial charge in [0.15, 0.2) is 0 Å². The van der Waals surface area contributed by atoms with Crippen molar-refractivity contribution >= 4 is 30.8 Å². The van der Waals surface area contributed by atoms with Crippen molar-refractivity contribution in [2.45, 2.75) is 39.5 Å². The van der Waals surface area contributed by atoms with E-state index in [9.17, 15) is 23.8 Å². The number of hydrogen-bond donors (Lipinski definition) is 3. The summed E-state index contributed by atoms with van der Waals surface area (Å²) >= 11 is 0. The molecule has 0 saturated carbocycles. The largest absolute Gasteiger partial charge is 0.460 e. The molecule has 33 heavy (non-hydrogen) atoms. The molecule has 0 fully saturated rings. The van der Waals surface area contributed by atoms with Gasteiger partial charge in [0.05, 0.1) is 0 Å². The predicted molar refractivity (Wildman–Crippen MR) is 127 cm³/mol. The molecule has 0 spiro atoms. The van der Waals surface area contributed by atoms with E-state index in [4.69, 9.17) is 4.74 Å². The molecule has 178 valence electrons. The molecule has 0 aliphatic heterocycles. The van der Waals surface area contributed by atoms with E-state index in [0.717, 1.165) is 5.56 Å². The Bertz CT molecular complexity index is 992. The maximum absolute atomic E-state index is 12.6. The Labute approximate surface area is 194 Å². The van der Waals surface area contributed by atoms with Crippen LogP contribution < -0.4 is 10.6 Å². The van der Waals surface area contributed by atoms with Crippen LogP contribution in [0.4, 0.5) is 5.69 Å². The summed E-state index contributed by atoms with van der Waals surface area (Å²) in [6.07, 6.45) is 0.144. The van der Waals surface area contributed by atoms with Crippen molar-refractivity contribution in [3.8, 4) is 0 Å². The molecule has 2 amide bonds. The molecule has 2 unspecified atom stereocenters. The van der Waals surface area contributed by atoms with Crippen LogP contribution in [0.5, 0.6) is 0 Å². The number of nitrogens with one attached hydrogen (secondary N) is 2. The lowest BCUT2D eigenvalue weighted by Crippen LogP contribution is -2.29. The van der Waals surface area contributed by atoms with Crippen LogP contribution >= 0.6 is 7.37 Å². The van der Waals surface area contributed by atoms with E-state index in [1.165, 1.54) is 6.92 Å². The molecule has 2 atom stereocenters. The Hall–Kier alpha value is -2.96. The van der Waals surface area contributed by atoms with Crippen LogP contribution in [-0.4, -0.2) is 41.0 Å². The SMILES string of the molecule is CC(C)CC(=O)Nc1ccc(C(=O)NCCP(=O)(O)C(C)C(=O)OCc2ccccc2)cc1. The normalized spacial score (nSPS) is 13.6. The first-order valence-electron chi connectivity index (χ1n) is 10.8. The highest BCUT2D eigenvalue weighted by atomic mass is 31.2. The van der Waals surface area contributed by atoms with Crippen molar-refractivity contribution in [1.82, 2.24) is 5.32 Å². The summed E-state index contributed by atoms with van der Waals surface area (Å²) in [5.74, 6) is -1.04. The highest BCUT2D eigenvalue weighted by molar-refractivity contribution is 7.59. The minimum atomic E-state index is -3.88. The number of esters is 1. The number of carbonyl (C=O) groups excluding carboxylic acids is 3. The van der Waals surface area contributed by atoms with Crippen molar-refractivity contribution in [1.29, 1.82) is 0 Å². The van der Waals surface area contributed by atoms with E-state index in [0.29, 0.717) is 17.7 Å². The molecule has 0 aromatic heterocycles. The first-order valence-corrected chi connectivity index (χ1v) is 12.7. The zero-order chi connectivity index (χ0) is 24.4. The number of rotatable bonds is 11. The number of carbonyl (C=O) groups is 3. The van der Waals surface area contributed by atoms with E-state index in [1.54, 1.807) is 36.4 Å². The van der Waals surface area contributed by atoms with Gasteiger partial charge in [0.2, 0.25) is 13.3 Å². The van der Waals surface area contributed by atoms with E-state index < -0.39 is 24.9 Å². The molecule has 2 aromatic carbocycles. The van der Waals surface area contributed by atoms with Crippen LogP contribution in [0.2, 0.25) is 0 Å². The zero-order valence-corrected chi connectivity index (χ0v) is 20.0. The number of ether oxygens (including phenoxy) is 1. The third-order valence-electron chi connectivity index (χ3n) is 4.91. The molecule has 2 rings (SSSR count). The van der Waals surface area contributed by atoms with Crippen LogP contribution in [-0.2, 0) is 25.5 Å². The summed E-state index contributed by atoms with van der Waals surface area (Å²) in [4.78, 5) is 46.6. The molecule has 0 bridgehead atoms. The first-order chi connectivity index (χ1) is 15.6. The van der Waals surface area contributed by atoms with Crippen molar-refractivity contribution in [3.63, 3.8) is 0 Å². The summed E-state index contributed by atoms with van der Waals surface area (Å²) in [6, 6.07) is 15.4. The monoisotopic (exact) mass is 474 g/mol. The molecule has 0 saturated heterocycles. The minimum Gasteiger partial charge on any atom is -0.460 e. The number of benzene rings is 2. The summed E-state index contributed by atoms with van der Waals surface area (Å²) in [5.41, 5.74) is 0.510. The quantitative estimate of drug-likeness (QED) is 0.336. The second-order valence-corrected chi connectivity index (χ2v) is 11.0. The van der Waals surface area contributed by atoms with Gasteiger partial charge in [-0.15, -0.1) is 0 Å². The van der Waals surface area contributed by atoms with Crippen LogP contribution in [0.1, 0.15) is 43.1 Å². The Kier molecular flexibility index (Phi) is 9.82. The fourth-order valence-corrected chi connectivity index (χ4v) is 4.15. The third kappa shape index (κ3) is 8.83. The van der Waals surface area contributed by atoms with Crippen LogP contribution in [0.15, 0.2) is 54.6 Å². The summed E-state index contributed by atoms with van der Waals surface area (Å²) in [5, 5.41) is 5.34. The Morgan fingerprint density at radius 1 is 1.00 bits per heavy atom. The Morgan fingerprint density at radius 3 is 2.24 bits per heavy atom. The Balaban J connectivity index is 1.80. The average Bonchev–Trinajstić information content (AvgIpc) is 2.77. The van der Waals surface area contributed by atoms with Gasteiger partial charge in [-0.1, -0.05) is 44.2 Å². The van der Waals surface area contributed by atoms with Gasteiger partial charge in [-0.05, 0) is 42.7 Å². The lowest BCUT2D eigenvalue weighted by Gasteiger charge is -2.18.